The molecule has 1 aliphatic carbocycles. The van der Waals surface area contributed by atoms with Gasteiger partial charge in [-0.25, -0.2) is 0 Å². The molecule has 4 nitrogen and oxygen atoms in total. The highest BCUT2D eigenvalue weighted by Gasteiger charge is 2.32. The number of anilines is 1. The van der Waals surface area contributed by atoms with Gasteiger partial charge >= 0.3 is 0 Å². The van der Waals surface area contributed by atoms with E-state index >= 15 is 0 Å². The van der Waals surface area contributed by atoms with Crippen molar-refractivity contribution in [2.45, 2.75) is 37.8 Å². The summed E-state index contributed by atoms with van der Waals surface area (Å²) in [7, 11) is 3.79. The number of methoxy groups -OCH3 is 1. The minimum Gasteiger partial charge on any atom is -0.388 e. The van der Waals surface area contributed by atoms with Gasteiger partial charge in [0.05, 0.1) is 12.2 Å². The maximum absolute atomic E-state index is 10.6. The van der Waals surface area contributed by atoms with Gasteiger partial charge in [-0.15, -0.1) is 0 Å². The van der Waals surface area contributed by atoms with Crippen LogP contribution >= 0.6 is 0 Å². The van der Waals surface area contributed by atoms with Crippen LogP contribution in [0.3, 0.4) is 0 Å². The van der Waals surface area contributed by atoms with Crippen LogP contribution in [0.1, 0.15) is 31.2 Å². The average molecular weight is 292 g/mol. The number of para-hydroxylation sites is 1. The lowest BCUT2D eigenvalue weighted by Gasteiger charge is -2.31. The van der Waals surface area contributed by atoms with Crippen molar-refractivity contribution in [3.05, 3.63) is 29.8 Å². The lowest BCUT2D eigenvalue weighted by atomic mass is 10.0. The van der Waals surface area contributed by atoms with Crippen molar-refractivity contribution in [3.8, 4) is 0 Å². The molecule has 0 heterocycles. The second kappa shape index (κ2) is 7.78. The number of nitrogens with one attached hydrogen (secondary N) is 1. The second-order valence-corrected chi connectivity index (χ2v) is 6.09. The third-order valence-electron chi connectivity index (χ3n) is 4.27. The molecule has 4 heteroatoms. The predicted octanol–water partition coefficient (Wildman–Crippen LogP) is 2.16. The zero-order valence-corrected chi connectivity index (χ0v) is 13.3. The Morgan fingerprint density at radius 3 is 2.71 bits per heavy atom. The average Bonchev–Trinajstić information content (AvgIpc) is 2.90. The van der Waals surface area contributed by atoms with Crippen molar-refractivity contribution >= 4 is 5.69 Å². The molecular weight excluding hydrogens is 264 g/mol. The monoisotopic (exact) mass is 292 g/mol. The summed E-state index contributed by atoms with van der Waals surface area (Å²) in [4.78, 5) is 2.19. The maximum Gasteiger partial charge on any atom is 0.0821 e. The number of aliphatic hydroxyl groups is 1. The minimum absolute atomic E-state index is 0.509. The van der Waals surface area contributed by atoms with Crippen LogP contribution in [0.2, 0.25) is 0 Å². The highest BCUT2D eigenvalue weighted by molar-refractivity contribution is 5.53. The van der Waals surface area contributed by atoms with Crippen molar-refractivity contribution in [1.82, 2.24) is 5.32 Å². The summed E-state index contributed by atoms with van der Waals surface area (Å²) in [6.45, 7) is 3.10. The maximum atomic E-state index is 10.6. The first-order chi connectivity index (χ1) is 10.1. The van der Waals surface area contributed by atoms with Crippen LogP contribution in [0, 0.1) is 0 Å². The Bertz CT molecular complexity index is 431. The summed E-state index contributed by atoms with van der Waals surface area (Å²) in [6.07, 6.45) is 4.13. The number of benzene rings is 1. The van der Waals surface area contributed by atoms with E-state index in [0.29, 0.717) is 6.54 Å². The number of likely N-dealkylation sites (N-methyl/N-ethyl adjacent to an activating group) is 1. The fraction of sp³-hybridized carbons (Fsp3) is 0.647. The molecule has 1 aromatic rings. The minimum atomic E-state index is -0.509. The summed E-state index contributed by atoms with van der Waals surface area (Å²) >= 11 is 0. The highest BCUT2D eigenvalue weighted by atomic mass is 16.5. The Balaban J connectivity index is 1.97. The predicted molar refractivity (Wildman–Crippen MR) is 86.7 cm³/mol. The van der Waals surface area contributed by atoms with E-state index in [-0.39, 0.29) is 0 Å². The van der Waals surface area contributed by atoms with Crippen LogP contribution in [0.4, 0.5) is 5.69 Å². The molecule has 0 amide bonds. The van der Waals surface area contributed by atoms with Crippen LogP contribution in [0.15, 0.2) is 24.3 Å². The van der Waals surface area contributed by atoms with Gasteiger partial charge in [0.2, 0.25) is 0 Å². The molecule has 1 aromatic carbocycles. The molecule has 21 heavy (non-hydrogen) atoms. The Labute approximate surface area is 128 Å². The van der Waals surface area contributed by atoms with Crippen molar-refractivity contribution in [3.63, 3.8) is 0 Å². The first-order valence-electron chi connectivity index (χ1n) is 7.86. The Hall–Kier alpha value is -1.10. The summed E-state index contributed by atoms with van der Waals surface area (Å²) in [5, 5.41) is 14.0. The molecule has 0 aliphatic heterocycles. The van der Waals surface area contributed by atoms with Gasteiger partial charge in [-0.05, 0) is 24.5 Å². The van der Waals surface area contributed by atoms with E-state index in [1.54, 1.807) is 7.11 Å². The topological polar surface area (TPSA) is 44.7 Å². The lowest BCUT2D eigenvalue weighted by molar-refractivity contribution is 0.0559. The van der Waals surface area contributed by atoms with E-state index in [0.717, 1.165) is 45.4 Å². The van der Waals surface area contributed by atoms with Gasteiger partial charge in [0.25, 0.3) is 0 Å². The Morgan fingerprint density at radius 1 is 1.29 bits per heavy atom. The molecule has 0 radical (unpaired) electrons. The fourth-order valence-electron chi connectivity index (χ4n) is 3.15. The summed E-state index contributed by atoms with van der Waals surface area (Å²) in [5.41, 5.74) is 1.95. The first-order valence-corrected chi connectivity index (χ1v) is 7.86. The van der Waals surface area contributed by atoms with Gasteiger partial charge in [-0.2, -0.15) is 0 Å². The third-order valence-corrected chi connectivity index (χ3v) is 4.27. The molecule has 1 aliphatic rings. The molecule has 0 saturated heterocycles. The normalized spacial score (nSPS) is 17.1. The second-order valence-electron chi connectivity index (χ2n) is 6.09. The van der Waals surface area contributed by atoms with Crippen LogP contribution in [-0.2, 0) is 11.3 Å². The van der Waals surface area contributed by atoms with Gasteiger partial charge in [-0.1, -0.05) is 31.0 Å². The molecule has 1 saturated carbocycles. The quantitative estimate of drug-likeness (QED) is 0.721. The molecule has 1 fully saturated rings. The number of nitrogens with zero attached hydrogens (tertiary/aromatic N) is 1. The smallest absolute Gasteiger partial charge is 0.0821 e. The molecule has 2 rings (SSSR count). The van der Waals surface area contributed by atoms with E-state index in [1.165, 1.54) is 11.3 Å². The highest BCUT2D eigenvalue weighted by Crippen LogP contribution is 2.31. The lowest BCUT2D eigenvalue weighted by Crippen LogP contribution is -2.39. The zero-order valence-electron chi connectivity index (χ0n) is 13.3. The summed E-state index contributed by atoms with van der Waals surface area (Å²) in [6, 6.07) is 8.40. The molecule has 0 aromatic heterocycles. The molecule has 0 bridgehead atoms. The standard InChI is InChI=1S/C17H28N2O2/c1-19(14-17(20)9-5-6-10-17)16-8-4-3-7-15(16)13-18-11-12-21-2/h3-4,7-8,18,20H,5-6,9-14H2,1-2H3. The van der Waals surface area contributed by atoms with E-state index < -0.39 is 5.60 Å². The summed E-state index contributed by atoms with van der Waals surface area (Å²) in [5.74, 6) is 0. The Morgan fingerprint density at radius 2 is 2.00 bits per heavy atom. The molecule has 118 valence electrons. The number of rotatable bonds is 8. The molecule has 0 unspecified atom stereocenters. The molecule has 2 N–H and O–H groups in total. The number of hydrogen-bond donors (Lipinski definition) is 2. The molecule has 0 spiro atoms. The van der Waals surface area contributed by atoms with E-state index in [2.05, 4.69) is 41.5 Å². The molecule has 0 atom stereocenters. The van der Waals surface area contributed by atoms with E-state index in [9.17, 15) is 5.11 Å². The third kappa shape index (κ3) is 4.70. The van der Waals surface area contributed by atoms with Crippen molar-refractivity contribution < 1.29 is 9.84 Å². The number of ether oxygens (including phenoxy) is 1. The zero-order chi connectivity index (χ0) is 15.1. The largest absolute Gasteiger partial charge is 0.388 e. The van der Waals surface area contributed by atoms with Gasteiger partial charge in [0.15, 0.2) is 0 Å². The van der Waals surface area contributed by atoms with Crippen LogP contribution in [-0.4, -0.2) is 44.6 Å². The van der Waals surface area contributed by atoms with Crippen molar-refractivity contribution in [2.24, 2.45) is 0 Å². The van der Waals surface area contributed by atoms with Crippen LogP contribution in [0.25, 0.3) is 0 Å². The van der Waals surface area contributed by atoms with Gasteiger partial charge in [-0.3, -0.25) is 0 Å². The SMILES string of the molecule is COCCNCc1ccccc1N(C)CC1(O)CCCC1. The van der Waals surface area contributed by atoms with Crippen LogP contribution < -0.4 is 10.2 Å². The van der Waals surface area contributed by atoms with Crippen LogP contribution in [0.5, 0.6) is 0 Å². The Kier molecular flexibility index (Phi) is 6.03. The molecular formula is C17H28N2O2. The summed E-state index contributed by atoms with van der Waals surface area (Å²) < 4.78 is 5.05. The first kappa shape index (κ1) is 16.3. The van der Waals surface area contributed by atoms with E-state index in [4.69, 9.17) is 4.74 Å². The van der Waals surface area contributed by atoms with Crippen molar-refractivity contribution in [1.29, 1.82) is 0 Å². The van der Waals surface area contributed by atoms with Gasteiger partial charge in [0.1, 0.15) is 0 Å². The van der Waals surface area contributed by atoms with E-state index in [1.807, 2.05) is 0 Å². The fourth-order valence-corrected chi connectivity index (χ4v) is 3.15. The van der Waals surface area contributed by atoms with Gasteiger partial charge in [0, 0.05) is 39.5 Å². The number of hydrogen-bond acceptors (Lipinski definition) is 4. The van der Waals surface area contributed by atoms with Gasteiger partial charge < -0.3 is 20.1 Å². The van der Waals surface area contributed by atoms with Crippen molar-refractivity contribution in [2.75, 3.05) is 38.8 Å².